The minimum absolute atomic E-state index is 0.212. The molecule has 8 heteroatoms. The number of benzene rings is 1. The molecule has 0 aliphatic carbocycles. The standard InChI is InChI=1S/C18H19N5O3/c24-16(15-10-20-23(12-15)11-14-4-2-1-3-5-14)21-18(6-8-25-9-7-18)17-19-13-26-22-17/h1-5,10,12-13H,6-9,11H2,(H,21,24). The molecule has 8 nitrogen and oxygen atoms in total. The molecule has 0 radical (unpaired) electrons. The molecule has 1 saturated heterocycles. The second-order valence-electron chi connectivity index (χ2n) is 6.32. The van der Waals surface area contributed by atoms with Gasteiger partial charge in [0, 0.05) is 32.3 Å². The molecule has 0 saturated carbocycles. The Morgan fingerprint density at radius 2 is 2.04 bits per heavy atom. The lowest BCUT2D eigenvalue weighted by molar-refractivity contribution is 0.0306. The van der Waals surface area contributed by atoms with Crippen LogP contribution in [0.15, 0.2) is 53.6 Å². The quantitative estimate of drug-likeness (QED) is 0.751. The van der Waals surface area contributed by atoms with Crippen molar-refractivity contribution in [2.45, 2.75) is 24.9 Å². The molecule has 1 aliphatic heterocycles. The largest absolute Gasteiger partial charge is 0.381 e. The summed E-state index contributed by atoms with van der Waals surface area (Å²) < 4.78 is 12.1. The molecule has 1 aliphatic rings. The number of aromatic nitrogens is 4. The van der Waals surface area contributed by atoms with Crippen molar-refractivity contribution in [3.05, 3.63) is 66.1 Å². The molecule has 26 heavy (non-hydrogen) atoms. The SMILES string of the molecule is O=C(NC1(c2ncon2)CCOCC1)c1cnn(Cc2ccccc2)c1. The average Bonchev–Trinajstić information content (AvgIpc) is 3.36. The summed E-state index contributed by atoms with van der Waals surface area (Å²) in [5.41, 5.74) is 0.940. The lowest BCUT2D eigenvalue weighted by atomic mass is 9.89. The lowest BCUT2D eigenvalue weighted by Crippen LogP contribution is -2.50. The van der Waals surface area contributed by atoms with Crippen LogP contribution in [0.4, 0.5) is 0 Å². The van der Waals surface area contributed by atoms with E-state index < -0.39 is 5.54 Å². The van der Waals surface area contributed by atoms with Gasteiger partial charge in [-0.2, -0.15) is 10.1 Å². The maximum Gasteiger partial charge on any atom is 0.255 e. The van der Waals surface area contributed by atoms with Gasteiger partial charge in [-0.25, -0.2) is 0 Å². The van der Waals surface area contributed by atoms with Gasteiger partial charge in [-0.05, 0) is 5.56 Å². The molecule has 1 fully saturated rings. The highest BCUT2D eigenvalue weighted by Crippen LogP contribution is 2.30. The van der Waals surface area contributed by atoms with Crippen molar-refractivity contribution in [3.63, 3.8) is 0 Å². The Kier molecular flexibility index (Phi) is 4.49. The van der Waals surface area contributed by atoms with Crippen LogP contribution in [-0.4, -0.2) is 39.0 Å². The number of hydrogen-bond acceptors (Lipinski definition) is 6. The van der Waals surface area contributed by atoms with E-state index in [4.69, 9.17) is 9.26 Å². The number of hydrogen-bond donors (Lipinski definition) is 1. The Morgan fingerprint density at radius 1 is 1.23 bits per heavy atom. The van der Waals surface area contributed by atoms with Gasteiger partial charge in [-0.1, -0.05) is 35.5 Å². The first-order chi connectivity index (χ1) is 12.8. The van der Waals surface area contributed by atoms with Gasteiger partial charge < -0.3 is 14.6 Å². The fraction of sp³-hybridized carbons (Fsp3) is 0.333. The number of ether oxygens (including phenoxy) is 1. The van der Waals surface area contributed by atoms with Gasteiger partial charge in [0.2, 0.25) is 6.39 Å². The number of carbonyl (C=O) groups excluding carboxylic acids is 1. The predicted molar refractivity (Wildman–Crippen MR) is 91.3 cm³/mol. The third-order valence-corrected chi connectivity index (χ3v) is 4.57. The molecular weight excluding hydrogens is 334 g/mol. The molecule has 3 aromatic rings. The third-order valence-electron chi connectivity index (χ3n) is 4.57. The first-order valence-corrected chi connectivity index (χ1v) is 8.49. The summed E-state index contributed by atoms with van der Waals surface area (Å²) in [7, 11) is 0. The van der Waals surface area contributed by atoms with Crippen molar-refractivity contribution in [1.29, 1.82) is 0 Å². The highest BCUT2D eigenvalue weighted by atomic mass is 16.5. The molecule has 1 N–H and O–H groups in total. The molecule has 0 unspecified atom stereocenters. The zero-order valence-electron chi connectivity index (χ0n) is 14.2. The minimum atomic E-state index is -0.677. The van der Waals surface area contributed by atoms with Crippen LogP contribution < -0.4 is 5.32 Å². The third kappa shape index (κ3) is 3.36. The second kappa shape index (κ2) is 7.09. The Labute approximate surface area is 150 Å². The summed E-state index contributed by atoms with van der Waals surface area (Å²) in [5.74, 6) is 0.266. The fourth-order valence-electron chi connectivity index (χ4n) is 3.13. The Morgan fingerprint density at radius 3 is 2.77 bits per heavy atom. The molecule has 1 aromatic carbocycles. The van der Waals surface area contributed by atoms with Gasteiger partial charge in [0.1, 0.15) is 5.54 Å². The van der Waals surface area contributed by atoms with E-state index in [0.717, 1.165) is 5.56 Å². The van der Waals surface area contributed by atoms with Crippen LogP contribution in [0.1, 0.15) is 34.6 Å². The average molecular weight is 353 g/mol. The molecule has 0 atom stereocenters. The highest BCUT2D eigenvalue weighted by Gasteiger charge is 2.40. The van der Waals surface area contributed by atoms with Crippen molar-refractivity contribution in [3.8, 4) is 0 Å². The predicted octanol–water partition coefficient (Wildman–Crippen LogP) is 1.75. The van der Waals surface area contributed by atoms with Gasteiger partial charge in [0.15, 0.2) is 5.82 Å². The normalized spacial score (nSPS) is 16.3. The molecule has 134 valence electrons. The van der Waals surface area contributed by atoms with E-state index in [1.54, 1.807) is 17.1 Å². The molecule has 2 aromatic heterocycles. The second-order valence-corrected chi connectivity index (χ2v) is 6.32. The zero-order chi connectivity index (χ0) is 17.8. The van der Waals surface area contributed by atoms with Crippen LogP contribution >= 0.6 is 0 Å². The van der Waals surface area contributed by atoms with Crippen molar-refractivity contribution in [2.24, 2.45) is 0 Å². The van der Waals surface area contributed by atoms with Crippen LogP contribution in [0, 0.1) is 0 Å². The summed E-state index contributed by atoms with van der Waals surface area (Å²) in [6.45, 7) is 1.67. The fourth-order valence-corrected chi connectivity index (χ4v) is 3.13. The van der Waals surface area contributed by atoms with E-state index in [9.17, 15) is 4.79 Å². The van der Waals surface area contributed by atoms with E-state index >= 15 is 0 Å². The maximum atomic E-state index is 12.8. The van der Waals surface area contributed by atoms with Crippen molar-refractivity contribution in [1.82, 2.24) is 25.2 Å². The lowest BCUT2D eigenvalue weighted by Gasteiger charge is -2.34. The molecule has 3 heterocycles. The Bertz CT molecular complexity index is 854. The van der Waals surface area contributed by atoms with Crippen molar-refractivity contribution >= 4 is 5.91 Å². The Hall–Kier alpha value is -3.00. The topological polar surface area (TPSA) is 95.1 Å². The maximum absolute atomic E-state index is 12.8. The smallest absolute Gasteiger partial charge is 0.255 e. The van der Waals surface area contributed by atoms with Crippen molar-refractivity contribution in [2.75, 3.05) is 13.2 Å². The van der Waals surface area contributed by atoms with Crippen LogP contribution in [0.2, 0.25) is 0 Å². The van der Waals surface area contributed by atoms with Crippen molar-refractivity contribution < 1.29 is 14.1 Å². The summed E-state index contributed by atoms with van der Waals surface area (Å²) >= 11 is 0. The van der Waals surface area contributed by atoms with Gasteiger partial charge in [0.05, 0.1) is 18.3 Å². The number of amides is 1. The van der Waals surface area contributed by atoms with E-state index in [1.165, 1.54) is 6.39 Å². The van der Waals surface area contributed by atoms with E-state index in [2.05, 4.69) is 20.6 Å². The first-order valence-electron chi connectivity index (χ1n) is 8.49. The summed E-state index contributed by atoms with van der Waals surface area (Å²) in [6.07, 6.45) is 5.77. The van der Waals surface area contributed by atoms with Crippen LogP contribution in [0.3, 0.4) is 0 Å². The van der Waals surface area contributed by atoms with Crippen LogP contribution in [-0.2, 0) is 16.8 Å². The van der Waals surface area contributed by atoms with Crippen LogP contribution in [0.25, 0.3) is 0 Å². The van der Waals surface area contributed by atoms with Crippen LogP contribution in [0.5, 0.6) is 0 Å². The summed E-state index contributed by atoms with van der Waals surface area (Å²) in [4.78, 5) is 16.9. The number of nitrogens with one attached hydrogen (secondary N) is 1. The highest BCUT2D eigenvalue weighted by molar-refractivity contribution is 5.94. The molecule has 0 spiro atoms. The summed E-state index contributed by atoms with van der Waals surface area (Å²) in [5, 5.41) is 11.3. The van der Waals surface area contributed by atoms with E-state index in [0.29, 0.717) is 44.0 Å². The molecule has 4 rings (SSSR count). The molecule has 1 amide bonds. The van der Waals surface area contributed by atoms with Gasteiger partial charge >= 0.3 is 0 Å². The minimum Gasteiger partial charge on any atom is -0.381 e. The monoisotopic (exact) mass is 353 g/mol. The van der Waals surface area contributed by atoms with Gasteiger partial charge in [-0.15, -0.1) is 0 Å². The van der Waals surface area contributed by atoms with Gasteiger partial charge in [-0.3, -0.25) is 9.48 Å². The molecular formula is C18H19N5O3. The number of carbonyl (C=O) groups is 1. The summed E-state index contributed by atoms with van der Waals surface area (Å²) in [6, 6.07) is 9.97. The first kappa shape index (κ1) is 16.5. The number of rotatable bonds is 5. The molecule has 0 bridgehead atoms. The van der Waals surface area contributed by atoms with Gasteiger partial charge in [0.25, 0.3) is 5.91 Å². The zero-order valence-corrected chi connectivity index (χ0v) is 14.2. The van der Waals surface area contributed by atoms with E-state index in [-0.39, 0.29) is 5.91 Å². The Balaban J connectivity index is 1.50. The number of nitrogens with zero attached hydrogens (tertiary/aromatic N) is 4. The van der Waals surface area contributed by atoms with E-state index in [1.807, 2.05) is 30.3 Å².